The first kappa shape index (κ1) is 11.8. The molecule has 4 heteroatoms. The topological polar surface area (TPSA) is 32.7 Å². The van der Waals surface area contributed by atoms with Crippen LogP contribution in [0.2, 0.25) is 0 Å². The van der Waals surface area contributed by atoms with Gasteiger partial charge in [0.25, 0.3) is 0 Å². The van der Waals surface area contributed by atoms with Gasteiger partial charge in [0.2, 0.25) is 6.08 Å². The average Bonchev–Trinajstić information content (AvgIpc) is 2.24. The lowest BCUT2D eigenvalue weighted by molar-refractivity contribution is 0.256. The van der Waals surface area contributed by atoms with Crippen molar-refractivity contribution in [1.29, 1.82) is 0 Å². The number of rotatable bonds is 3. The molecule has 0 N–H and O–H groups in total. The summed E-state index contributed by atoms with van der Waals surface area (Å²) in [5.74, 6) is -0.261. The molecule has 0 saturated heterocycles. The van der Waals surface area contributed by atoms with Crippen molar-refractivity contribution in [2.24, 2.45) is 4.99 Å². The van der Waals surface area contributed by atoms with Gasteiger partial charge in [-0.25, -0.2) is 9.18 Å². The van der Waals surface area contributed by atoms with Crippen molar-refractivity contribution in [2.75, 3.05) is 19.0 Å². The van der Waals surface area contributed by atoms with Gasteiger partial charge < -0.3 is 4.90 Å². The molecule has 0 radical (unpaired) electrons. The van der Waals surface area contributed by atoms with Crippen LogP contribution in [-0.2, 0) is 10.3 Å². The van der Waals surface area contributed by atoms with Crippen molar-refractivity contribution in [3.63, 3.8) is 0 Å². The van der Waals surface area contributed by atoms with Gasteiger partial charge in [-0.2, -0.15) is 4.99 Å². The van der Waals surface area contributed by atoms with Crippen LogP contribution in [0, 0.1) is 5.82 Å². The van der Waals surface area contributed by atoms with Crippen molar-refractivity contribution < 1.29 is 9.18 Å². The lowest BCUT2D eigenvalue weighted by Crippen LogP contribution is -2.32. The first-order chi connectivity index (χ1) is 8.09. The predicted molar refractivity (Wildman–Crippen MR) is 64.4 cm³/mol. The lowest BCUT2D eigenvalue weighted by atomic mass is 9.72. The van der Waals surface area contributed by atoms with Crippen molar-refractivity contribution in [1.82, 2.24) is 0 Å². The molecule has 1 aliphatic carbocycles. The first-order valence-corrected chi connectivity index (χ1v) is 5.65. The fourth-order valence-electron chi connectivity index (χ4n) is 2.21. The van der Waals surface area contributed by atoms with Gasteiger partial charge in [0.15, 0.2) is 0 Å². The molecule has 0 spiro atoms. The van der Waals surface area contributed by atoms with Gasteiger partial charge in [-0.15, -0.1) is 0 Å². The van der Waals surface area contributed by atoms with Gasteiger partial charge >= 0.3 is 0 Å². The Morgan fingerprint density at radius 2 is 2.12 bits per heavy atom. The summed E-state index contributed by atoms with van der Waals surface area (Å²) in [6, 6.07) is 4.92. The molecule has 90 valence electrons. The molecule has 0 heterocycles. The fraction of sp³-hybridized carbons (Fsp3) is 0.462. The number of anilines is 1. The minimum Gasteiger partial charge on any atom is -0.375 e. The number of halogens is 1. The van der Waals surface area contributed by atoms with Gasteiger partial charge in [-0.3, -0.25) is 0 Å². The van der Waals surface area contributed by atoms with E-state index in [-0.39, 0.29) is 5.82 Å². The minimum absolute atomic E-state index is 0.261. The normalized spacial score (nSPS) is 16.9. The van der Waals surface area contributed by atoms with E-state index in [4.69, 9.17) is 0 Å². The third kappa shape index (κ3) is 1.96. The van der Waals surface area contributed by atoms with Crippen LogP contribution in [0.5, 0.6) is 0 Å². The molecule has 1 aliphatic rings. The summed E-state index contributed by atoms with van der Waals surface area (Å²) in [6.07, 6.45) is 4.35. The molecule has 0 bridgehead atoms. The van der Waals surface area contributed by atoms with Crippen molar-refractivity contribution >= 4 is 11.8 Å². The molecule has 1 aromatic rings. The van der Waals surface area contributed by atoms with Crippen LogP contribution in [0.25, 0.3) is 0 Å². The van der Waals surface area contributed by atoms with E-state index in [1.54, 1.807) is 37.2 Å². The number of carbonyl (C=O) groups excluding carboxylic acids is 1. The monoisotopic (exact) mass is 234 g/mol. The molecule has 3 nitrogen and oxygen atoms in total. The largest absolute Gasteiger partial charge is 0.375 e. The van der Waals surface area contributed by atoms with E-state index in [0.717, 1.165) is 24.8 Å². The molecule has 1 aromatic carbocycles. The van der Waals surface area contributed by atoms with Crippen molar-refractivity contribution in [3.8, 4) is 0 Å². The molecule has 0 unspecified atom stereocenters. The Hall–Kier alpha value is -1.67. The third-order valence-electron chi connectivity index (χ3n) is 3.41. The van der Waals surface area contributed by atoms with Crippen LogP contribution >= 0.6 is 0 Å². The summed E-state index contributed by atoms with van der Waals surface area (Å²) in [4.78, 5) is 16.1. The van der Waals surface area contributed by atoms with Crippen LogP contribution in [0.15, 0.2) is 23.2 Å². The van der Waals surface area contributed by atoms with E-state index in [0.29, 0.717) is 5.69 Å². The lowest BCUT2D eigenvalue weighted by Gasteiger charge is -2.37. The van der Waals surface area contributed by atoms with E-state index < -0.39 is 5.54 Å². The second kappa shape index (κ2) is 4.30. The third-order valence-corrected chi connectivity index (χ3v) is 3.41. The Morgan fingerprint density at radius 1 is 1.41 bits per heavy atom. The fourth-order valence-corrected chi connectivity index (χ4v) is 2.21. The summed E-state index contributed by atoms with van der Waals surface area (Å²) in [6.45, 7) is 0. The zero-order chi connectivity index (χ0) is 12.5. The number of isocyanates is 1. The van der Waals surface area contributed by atoms with Crippen LogP contribution < -0.4 is 4.90 Å². The molecule has 1 saturated carbocycles. The van der Waals surface area contributed by atoms with E-state index in [1.165, 1.54) is 6.07 Å². The number of benzene rings is 1. The van der Waals surface area contributed by atoms with E-state index in [2.05, 4.69) is 4.99 Å². The van der Waals surface area contributed by atoms with Crippen LogP contribution in [-0.4, -0.2) is 20.2 Å². The maximum Gasteiger partial charge on any atom is 0.235 e. The molecule has 0 amide bonds. The molecule has 0 aliphatic heterocycles. The van der Waals surface area contributed by atoms with Gasteiger partial charge in [-0.1, -0.05) is 6.07 Å². The van der Waals surface area contributed by atoms with Crippen LogP contribution in [0.3, 0.4) is 0 Å². The Bertz CT molecular complexity index is 474. The SMILES string of the molecule is CN(C)c1cc(C2(N=C=O)CCC2)ccc1F. The van der Waals surface area contributed by atoms with Gasteiger partial charge in [0, 0.05) is 14.1 Å². The van der Waals surface area contributed by atoms with Crippen LogP contribution in [0.4, 0.5) is 10.1 Å². The Kier molecular flexibility index (Phi) is 2.99. The summed E-state index contributed by atoms with van der Waals surface area (Å²) in [7, 11) is 3.58. The number of hydrogen-bond donors (Lipinski definition) is 0. The first-order valence-electron chi connectivity index (χ1n) is 5.65. The standard InChI is InChI=1S/C13H15FN2O/c1-16(2)12-8-10(4-5-11(12)14)13(15-9-17)6-3-7-13/h4-5,8H,3,6-7H2,1-2H3. The van der Waals surface area contributed by atoms with E-state index in [1.807, 2.05) is 0 Å². The Morgan fingerprint density at radius 3 is 2.59 bits per heavy atom. The number of hydrogen-bond acceptors (Lipinski definition) is 3. The summed E-state index contributed by atoms with van der Waals surface area (Å²) < 4.78 is 13.6. The van der Waals surface area contributed by atoms with E-state index in [9.17, 15) is 9.18 Å². The Labute approximate surface area is 100.0 Å². The van der Waals surface area contributed by atoms with Crippen molar-refractivity contribution in [3.05, 3.63) is 29.6 Å². The molecule has 1 fully saturated rings. The minimum atomic E-state index is -0.458. The van der Waals surface area contributed by atoms with E-state index >= 15 is 0 Å². The molecule has 17 heavy (non-hydrogen) atoms. The smallest absolute Gasteiger partial charge is 0.235 e. The second-order valence-electron chi connectivity index (χ2n) is 4.65. The Balaban J connectivity index is 2.45. The summed E-state index contributed by atoms with van der Waals surface area (Å²) >= 11 is 0. The molecular formula is C13H15FN2O. The highest BCUT2D eigenvalue weighted by Crippen LogP contribution is 2.45. The molecule has 2 rings (SSSR count). The van der Waals surface area contributed by atoms with Gasteiger partial charge in [0.1, 0.15) is 5.82 Å². The highest BCUT2D eigenvalue weighted by Gasteiger charge is 2.39. The van der Waals surface area contributed by atoms with Crippen LogP contribution in [0.1, 0.15) is 24.8 Å². The van der Waals surface area contributed by atoms with Gasteiger partial charge in [0.05, 0.1) is 11.2 Å². The molecular weight excluding hydrogens is 219 g/mol. The maximum atomic E-state index is 13.6. The zero-order valence-electron chi connectivity index (χ0n) is 10.0. The number of aliphatic imine (C=N–C) groups is 1. The average molecular weight is 234 g/mol. The predicted octanol–water partition coefficient (Wildman–Crippen LogP) is 2.61. The quantitative estimate of drug-likeness (QED) is 0.595. The summed E-state index contributed by atoms with van der Waals surface area (Å²) in [5, 5.41) is 0. The molecule has 0 atom stereocenters. The summed E-state index contributed by atoms with van der Waals surface area (Å²) in [5.41, 5.74) is 0.965. The maximum absolute atomic E-state index is 13.6. The highest BCUT2D eigenvalue weighted by atomic mass is 19.1. The van der Waals surface area contributed by atoms with Crippen molar-refractivity contribution in [2.45, 2.75) is 24.8 Å². The zero-order valence-corrected chi connectivity index (χ0v) is 10.0. The second-order valence-corrected chi connectivity index (χ2v) is 4.65. The molecule has 0 aromatic heterocycles. The highest BCUT2D eigenvalue weighted by molar-refractivity contribution is 5.51. The number of nitrogens with zero attached hydrogens (tertiary/aromatic N) is 2. The van der Waals surface area contributed by atoms with Gasteiger partial charge in [-0.05, 0) is 37.0 Å².